The molecule has 0 saturated heterocycles. The van der Waals surface area contributed by atoms with E-state index in [1.807, 2.05) is 19.1 Å². The van der Waals surface area contributed by atoms with Gasteiger partial charge in [-0.3, -0.25) is 4.98 Å². The fourth-order valence-corrected chi connectivity index (χ4v) is 2.28. The second-order valence-electron chi connectivity index (χ2n) is 4.23. The Morgan fingerprint density at radius 2 is 2.06 bits per heavy atom. The summed E-state index contributed by atoms with van der Waals surface area (Å²) in [4.78, 5) is 4.59. The predicted molar refractivity (Wildman–Crippen MR) is 76.9 cm³/mol. The van der Waals surface area contributed by atoms with Crippen LogP contribution in [0.2, 0.25) is 5.02 Å². The minimum absolute atomic E-state index is 0.606. The molecule has 0 amide bonds. The van der Waals surface area contributed by atoms with E-state index in [1.54, 1.807) is 7.11 Å². The van der Waals surface area contributed by atoms with E-state index in [1.165, 1.54) is 0 Å². The molecular formula is C14H17ClN2O. The third-order valence-electron chi connectivity index (χ3n) is 3.10. The van der Waals surface area contributed by atoms with Crippen LogP contribution in [0.3, 0.4) is 0 Å². The van der Waals surface area contributed by atoms with Crippen molar-refractivity contribution in [2.24, 2.45) is 0 Å². The smallest absolute Gasteiger partial charge is 0.139 e. The molecule has 0 atom stereocenters. The van der Waals surface area contributed by atoms with Crippen LogP contribution in [-0.4, -0.2) is 18.6 Å². The number of nitrogens with one attached hydrogen (secondary N) is 1. The normalized spacial score (nSPS) is 10.7. The summed E-state index contributed by atoms with van der Waals surface area (Å²) in [6.07, 6.45) is 0. The number of rotatable bonds is 3. The first-order chi connectivity index (χ1) is 8.58. The average molecular weight is 265 g/mol. The molecule has 0 fully saturated rings. The van der Waals surface area contributed by atoms with Gasteiger partial charge in [0.1, 0.15) is 5.75 Å². The predicted octanol–water partition coefficient (Wildman–Crippen LogP) is 3.95. The van der Waals surface area contributed by atoms with Gasteiger partial charge >= 0.3 is 0 Å². The Labute approximate surface area is 112 Å². The molecule has 1 N–H and O–H groups in total. The zero-order valence-electron chi connectivity index (χ0n) is 11.1. The van der Waals surface area contributed by atoms with Gasteiger partial charge in [0, 0.05) is 29.4 Å². The van der Waals surface area contributed by atoms with Gasteiger partial charge in [0.05, 0.1) is 17.6 Å². The van der Waals surface area contributed by atoms with Crippen LogP contribution in [0.4, 0.5) is 5.69 Å². The third-order valence-corrected chi connectivity index (χ3v) is 3.39. The lowest BCUT2D eigenvalue weighted by atomic mass is 10.1. The van der Waals surface area contributed by atoms with Crippen molar-refractivity contribution in [1.82, 2.24) is 4.98 Å². The van der Waals surface area contributed by atoms with E-state index in [0.717, 1.165) is 34.4 Å². The summed E-state index contributed by atoms with van der Waals surface area (Å²) >= 11 is 6.19. The van der Waals surface area contributed by atoms with Crippen molar-refractivity contribution in [3.8, 4) is 5.75 Å². The molecule has 2 aromatic rings. The standard InChI is InChI=1S/C14H17ClN2O/c1-5-16-14-8(2)9(3)17-12-7-13(18-4)11(15)6-10(12)14/h6-7H,5H2,1-4H3,(H,16,17). The largest absolute Gasteiger partial charge is 0.495 e. The number of ether oxygens (including phenoxy) is 1. The summed E-state index contributed by atoms with van der Waals surface area (Å²) in [7, 11) is 1.61. The van der Waals surface area contributed by atoms with Crippen molar-refractivity contribution < 1.29 is 4.74 Å². The molecule has 0 saturated carbocycles. The Hall–Kier alpha value is -1.48. The lowest BCUT2D eigenvalue weighted by molar-refractivity contribution is 0.415. The van der Waals surface area contributed by atoms with E-state index in [-0.39, 0.29) is 0 Å². The molecule has 0 spiro atoms. The maximum atomic E-state index is 6.19. The Balaban J connectivity index is 2.79. The minimum Gasteiger partial charge on any atom is -0.495 e. The van der Waals surface area contributed by atoms with E-state index in [0.29, 0.717) is 10.8 Å². The fourth-order valence-electron chi connectivity index (χ4n) is 2.04. The van der Waals surface area contributed by atoms with E-state index in [2.05, 4.69) is 24.1 Å². The van der Waals surface area contributed by atoms with E-state index in [9.17, 15) is 0 Å². The zero-order valence-corrected chi connectivity index (χ0v) is 11.9. The van der Waals surface area contributed by atoms with Crippen molar-refractivity contribution in [3.05, 3.63) is 28.4 Å². The number of halogens is 1. The fraction of sp³-hybridized carbons (Fsp3) is 0.357. The molecule has 1 aromatic carbocycles. The van der Waals surface area contributed by atoms with Crippen molar-refractivity contribution >= 4 is 28.2 Å². The van der Waals surface area contributed by atoms with Crippen LogP contribution >= 0.6 is 11.6 Å². The molecule has 0 bridgehead atoms. The SMILES string of the molecule is CCNc1c(C)c(C)nc2cc(OC)c(Cl)cc12. The van der Waals surface area contributed by atoms with Crippen LogP contribution in [0.1, 0.15) is 18.2 Å². The number of methoxy groups -OCH3 is 1. The Bertz CT molecular complexity index is 596. The highest BCUT2D eigenvalue weighted by molar-refractivity contribution is 6.33. The lowest BCUT2D eigenvalue weighted by Gasteiger charge is -2.14. The number of benzene rings is 1. The molecule has 0 aliphatic rings. The van der Waals surface area contributed by atoms with Gasteiger partial charge in [-0.1, -0.05) is 11.6 Å². The molecule has 96 valence electrons. The molecule has 2 rings (SSSR count). The van der Waals surface area contributed by atoms with Gasteiger partial charge in [0.15, 0.2) is 0 Å². The molecular weight excluding hydrogens is 248 g/mol. The highest BCUT2D eigenvalue weighted by Crippen LogP contribution is 2.34. The Morgan fingerprint density at radius 1 is 1.33 bits per heavy atom. The summed E-state index contributed by atoms with van der Waals surface area (Å²) < 4.78 is 5.23. The molecule has 18 heavy (non-hydrogen) atoms. The number of aromatic nitrogens is 1. The number of aryl methyl sites for hydroxylation is 1. The molecule has 0 radical (unpaired) electrons. The second-order valence-corrected chi connectivity index (χ2v) is 4.64. The van der Waals surface area contributed by atoms with Gasteiger partial charge in [0.25, 0.3) is 0 Å². The first-order valence-electron chi connectivity index (χ1n) is 5.96. The van der Waals surface area contributed by atoms with Crippen LogP contribution in [-0.2, 0) is 0 Å². The maximum absolute atomic E-state index is 6.19. The van der Waals surface area contributed by atoms with Gasteiger partial charge in [-0.05, 0) is 32.4 Å². The second kappa shape index (κ2) is 5.02. The molecule has 3 nitrogen and oxygen atoms in total. The average Bonchev–Trinajstić information content (AvgIpc) is 2.35. The van der Waals surface area contributed by atoms with Crippen molar-refractivity contribution in [2.75, 3.05) is 19.0 Å². The van der Waals surface area contributed by atoms with Gasteiger partial charge in [0.2, 0.25) is 0 Å². The number of hydrogen-bond acceptors (Lipinski definition) is 3. The summed E-state index contributed by atoms with van der Waals surface area (Å²) in [6, 6.07) is 3.79. The van der Waals surface area contributed by atoms with Crippen molar-refractivity contribution in [3.63, 3.8) is 0 Å². The summed E-state index contributed by atoms with van der Waals surface area (Å²) in [5, 5.41) is 5.02. The molecule has 1 heterocycles. The van der Waals surface area contributed by atoms with E-state index >= 15 is 0 Å². The van der Waals surface area contributed by atoms with Gasteiger partial charge in [-0.2, -0.15) is 0 Å². The highest BCUT2D eigenvalue weighted by atomic mass is 35.5. The monoisotopic (exact) mass is 264 g/mol. The molecule has 0 unspecified atom stereocenters. The summed E-state index contributed by atoms with van der Waals surface area (Å²) in [5.41, 5.74) is 4.17. The van der Waals surface area contributed by atoms with E-state index < -0.39 is 0 Å². The van der Waals surface area contributed by atoms with Crippen LogP contribution in [0.25, 0.3) is 10.9 Å². The van der Waals surface area contributed by atoms with Crippen LogP contribution in [0.15, 0.2) is 12.1 Å². The van der Waals surface area contributed by atoms with Crippen LogP contribution < -0.4 is 10.1 Å². The van der Waals surface area contributed by atoms with Gasteiger partial charge in [-0.15, -0.1) is 0 Å². The quantitative estimate of drug-likeness (QED) is 0.912. The number of pyridine rings is 1. The Morgan fingerprint density at radius 3 is 2.67 bits per heavy atom. The number of nitrogens with zero attached hydrogens (tertiary/aromatic N) is 1. The highest BCUT2D eigenvalue weighted by Gasteiger charge is 2.12. The molecule has 0 aliphatic heterocycles. The van der Waals surface area contributed by atoms with E-state index in [4.69, 9.17) is 16.3 Å². The number of anilines is 1. The van der Waals surface area contributed by atoms with Gasteiger partial charge in [-0.25, -0.2) is 0 Å². The molecule has 0 aliphatic carbocycles. The van der Waals surface area contributed by atoms with Crippen molar-refractivity contribution in [1.29, 1.82) is 0 Å². The summed E-state index contributed by atoms with van der Waals surface area (Å²) in [6.45, 7) is 7.02. The zero-order chi connectivity index (χ0) is 13.3. The van der Waals surface area contributed by atoms with Gasteiger partial charge < -0.3 is 10.1 Å². The van der Waals surface area contributed by atoms with Crippen LogP contribution in [0, 0.1) is 13.8 Å². The first kappa shape index (κ1) is 13.0. The first-order valence-corrected chi connectivity index (χ1v) is 6.34. The molecule has 1 aromatic heterocycles. The lowest BCUT2D eigenvalue weighted by Crippen LogP contribution is -2.03. The topological polar surface area (TPSA) is 34.2 Å². The summed E-state index contributed by atoms with van der Waals surface area (Å²) in [5.74, 6) is 0.655. The number of hydrogen-bond donors (Lipinski definition) is 1. The Kier molecular flexibility index (Phi) is 3.62. The molecule has 4 heteroatoms. The van der Waals surface area contributed by atoms with Crippen molar-refractivity contribution in [2.45, 2.75) is 20.8 Å². The maximum Gasteiger partial charge on any atom is 0.139 e. The minimum atomic E-state index is 0.606. The van der Waals surface area contributed by atoms with Crippen LogP contribution in [0.5, 0.6) is 5.75 Å². The third kappa shape index (κ3) is 2.10. The number of fused-ring (bicyclic) bond motifs is 1.